The number of fused-ring (bicyclic) bond motifs is 2. The van der Waals surface area contributed by atoms with E-state index in [1.54, 1.807) is 0 Å². The van der Waals surface area contributed by atoms with Crippen molar-refractivity contribution in [2.45, 2.75) is 84.5 Å². The molecular weight excluding hydrogens is 420 g/mol. The number of allylic oxidation sites excluding steroid dienone is 9. The fraction of sp³-hybridized carbons (Fsp3) is 0.371. The van der Waals surface area contributed by atoms with Gasteiger partial charge in [0.05, 0.1) is 0 Å². The fourth-order valence-corrected chi connectivity index (χ4v) is 6.25. The fourth-order valence-electron chi connectivity index (χ4n) is 6.25. The van der Waals surface area contributed by atoms with Gasteiger partial charge in [-0.15, -0.1) is 0 Å². The first-order valence-electron chi connectivity index (χ1n) is 13.1. The highest BCUT2D eigenvalue weighted by molar-refractivity contribution is 5.76. The molecule has 0 N–H and O–H groups in total. The van der Waals surface area contributed by atoms with Crippen LogP contribution in [0.1, 0.15) is 96.0 Å². The van der Waals surface area contributed by atoms with Crippen LogP contribution < -0.4 is 0 Å². The van der Waals surface area contributed by atoms with Crippen LogP contribution in [0, 0.1) is 0 Å². The summed E-state index contributed by atoms with van der Waals surface area (Å²) < 4.78 is 0. The van der Waals surface area contributed by atoms with E-state index < -0.39 is 0 Å². The van der Waals surface area contributed by atoms with Gasteiger partial charge in [-0.2, -0.15) is 0 Å². The van der Waals surface area contributed by atoms with Crippen molar-refractivity contribution in [2.75, 3.05) is 0 Å². The first-order chi connectivity index (χ1) is 16.3. The molecule has 0 heterocycles. The van der Waals surface area contributed by atoms with Crippen LogP contribution in [-0.2, 0) is 16.2 Å². The lowest BCUT2D eigenvalue weighted by molar-refractivity contribution is 0.531. The van der Waals surface area contributed by atoms with Gasteiger partial charge in [0.15, 0.2) is 0 Å². The Labute approximate surface area is 212 Å². The zero-order valence-electron chi connectivity index (χ0n) is 23.0. The Balaban J connectivity index is 1.87. The molecule has 0 aromatic heterocycles. The van der Waals surface area contributed by atoms with Gasteiger partial charge < -0.3 is 0 Å². The zero-order chi connectivity index (χ0) is 25.3. The van der Waals surface area contributed by atoms with E-state index in [9.17, 15) is 0 Å². The topological polar surface area (TPSA) is 0 Å². The van der Waals surface area contributed by atoms with E-state index in [1.165, 1.54) is 55.7 Å². The molecule has 0 saturated heterocycles. The smallest absolute Gasteiger partial charge is 0.0497 e. The molecule has 0 nitrogen and oxygen atoms in total. The van der Waals surface area contributed by atoms with Gasteiger partial charge in [-0.1, -0.05) is 120 Å². The largest absolute Gasteiger partial charge is 0.0686 e. The van der Waals surface area contributed by atoms with E-state index in [4.69, 9.17) is 0 Å². The van der Waals surface area contributed by atoms with E-state index in [-0.39, 0.29) is 22.2 Å². The molecule has 5 rings (SSSR count). The predicted molar refractivity (Wildman–Crippen MR) is 152 cm³/mol. The summed E-state index contributed by atoms with van der Waals surface area (Å²) in [6.07, 6.45) is 12.0. The zero-order valence-corrected chi connectivity index (χ0v) is 23.0. The maximum absolute atomic E-state index is 2.51. The Hall–Kier alpha value is -2.86. The van der Waals surface area contributed by atoms with Gasteiger partial charge >= 0.3 is 0 Å². The van der Waals surface area contributed by atoms with E-state index in [0.29, 0.717) is 0 Å². The minimum atomic E-state index is -0.252. The second-order valence-electron chi connectivity index (χ2n) is 12.9. The highest BCUT2D eigenvalue weighted by Gasteiger charge is 2.49. The van der Waals surface area contributed by atoms with Crippen LogP contribution in [0.5, 0.6) is 0 Å². The molecule has 3 aliphatic carbocycles. The van der Waals surface area contributed by atoms with Crippen LogP contribution in [0.2, 0.25) is 0 Å². The lowest BCUT2D eigenvalue weighted by atomic mass is 9.58. The van der Waals surface area contributed by atoms with Gasteiger partial charge in [0.1, 0.15) is 0 Å². The van der Waals surface area contributed by atoms with Crippen molar-refractivity contribution in [1.29, 1.82) is 0 Å². The van der Waals surface area contributed by atoms with Gasteiger partial charge in [0.2, 0.25) is 0 Å². The molecule has 0 radical (unpaired) electrons. The lowest BCUT2D eigenvalue weighted by Gasteiger charge is -2.44. The molecule has 0 aliphatic heterocycles. The average molecular weight is 461 g/mol. The second kappa shape index (κ2) is 7.82. The van der Waals surface area contributed by atoms with Crippen LogP contribution in [0.3, 0.4) is 0 Å². The minimum absolute atomic E-state index is 0.0703. The molecule has 0 saturated carbocycles. The Morgan fingerprint density at radius 1 is 0.771 bits per heavy atom. The maximum Gasteiger partial charge on any atom is 0.0497 e. The molecule has 0 amide bonds. The summed E-state index contributed by atoms with van der Waals surface area (Å²) in [5.41, 5.74) is 14.0. The monoisotopic (exact) mass is 460 g/mol. The molecule has 2 aromatic carbocycles. The van der Waals surface area contributed by atoms with Crippen molar-refractivity contribution >= 4 is 6.08 Å². The molecule has 2 aromatic rings. The molecule has 180 valence electrons. The number of hydrogen-bond acceptors (Lipinski definition) is 0. The third kappa shape index (κ3) is 3.65. The van der Waals surface area contributed by atoms with Crippen molar-refractivity contribution in [3.05, 3.63) is 122 Å². The van der Waals surface area contributed by atoms with Crippen LogP contribution in [0.15, 0.2) is 94.6 Å². The summed E-state index contributed by atoms with van der Waals surface area (Å²) in [7, 11) is 0. The van der Waals surface area contributed by atoms with E-state index in [0.717, 1.165) is 0 Å². The van der Waals surface area contributed by atoms with Crippen molar-refractivity contribution < 1.29 is 0 Å². The third-order valence-electron chi connectivity index (χ3n) is 8.46. The Morgan fingerprint density at radius 2 is 1.40 bits per heavy atom. The van der Waals surface area contributed by atoms with Crippen LogP contribution in [0.4, 0.5) is 0 Å². The standard InChI is InChI=1S/C35H40/c1-22-18-31-29(24(22)3)15-12-16-35(31,32-23(2)17-25-13-10-11-14-30(25)32)28-20-26(33(4,5)6)19-27(21-28)34(7,8)9/h10-21,32H,1-9H3/t32-,35?/m1/s1. The SMILES string of the molecule is CC1=Cc2ccccc2[C@@H]1C1(c2cc(C(C)(C)C)cc(C(C)(C)C)c2)C=CC=C2C1=CC(C)=C2C. The van der Waals surface area contributed by atoms with Gasteiger partial charge in [0, 0.05) is 11.3 Å². The van der Waals surface area contributed by atoms with E-state index >= 15 is 0 Å². The number of hydrogen-bond donors (Lipinski definition) is 0. The Kier molecular flexibility index (Phi) is 5.33. The van der Waals surface area contributed by atoms with Crippen molar-refractivity contribution in [1.82, 2.24) is 0 Å². The molecule has 0 fully saturated rings. The molecule has 35 heavy (non-hydrogen) atoms. The Bertz CT molecular complexity index is 1340. The third-order valence-corrected chi connectivity index (χ3v) is 8.46. The van der Waals surface area contributed by atoms with E-state index in [1.807, 2.05) is 0 Å². The number of benzene rings is 2. The summed E-state index contributed by atoms with van der Waals surface area (Å²) in [5.74, 6) is 0.270. The normalized spacial score (nSPS) is 23.7. The average Bonchev–Trinajstić information content (AvgIpc) is 3.28. The first-order valence-corrected chi connectivity index (χ1v) is 13.1. The lowest BCUT2D eigenvalue weighted by Crippen LogP contribution is -2.36. The highest BCUT2D eigenvalue weighted by Crippen LogP contribution is 2.59. The van der Waals surface area contributed by atoms with Gasteiger partial charge in [-0.25, -0.2) is 0 Å². The van der Waals surface area contributed by atoms with Gasteiger partial charge in [0.25, 0.3) is 0 Å². The molecule has 2 atom stereocenters. The van der Waals surface area contributed by atoms with E-state index in [2.05, 4.69) is 135 Å². The molecule has 0 heteroatoms. The maximum atomic E-state index is 2.51. The number of rotatable bonds is 2. The summed E-state index contributed by atoms with van der Waals surface area (Å²) >= 11 is 0. The molecular formula is C35H40. The minimum Gasteiger partial charge on any atom is -0.0686 e. The molecule has 1 unspecified atom stereocenters. The summed E-state index contributed by atoms with van der Waals surface area (Å²) in [5, 5.41) is 0. The molecule has 0 spiro atoms. The Morgan fingerprint density at radius 3 is 2.03 bits per heavy atom. The van der Waals surface area contributed by atoms with Crippen molar-refractivity contribution in [3.8, 4) is 0 Å². The summed E-state index contributed by atoms with van der Waals surface area (Å²) in [6.45, 7) is 20.9. The summed E-state index contributed by atoms with van der Waals surface area (Å²) in [6, 6.07) is 16.5. The highest BCUT2D eigenvalue weighted by atomic mass is 14.5. The van der Waals surface area contributed by atoms with Crippen LogP contribution in [-0.4, -0.2) is 0 Å². The summed E-state index contributed by atoms with van der Waals surface area (Å²) in [4.78, 5) is 0. The predicted octanol–water partition coefficient (Wildman–Crippen LogP) is 9.49. The van der Waals surface area contributed by atoms with Crippen molar-refractivity contribution in [3.63, 3.8) is 0 Å². The quantitative estimate of drug-likeness (QED) is 0.418. The first kappa shape index (κ1) is 23.9. The van der Waals surface area contributed by atoms with Crippen LogP contribution in [0.25, 0.3) is 6.08 Å². The van der Waals surface area contributed by atoms with Crippen molar-refractivity contribution in [2.24, 2.45) is 0 Å². The molecule has 3 aliphatic rings. The second-order valence-corrected chi connectivity index (χ2v) is 12.9. The van der Waals surface area contributed by atoms with Gasteiger partial charge in [-0.05, 0) is 81.7 Å². The van der Waals surface area contributed by atoms with Gasteiger partial charge in [-0.3, -0.25) is 0 Å². The molecule has 0 bridgehead atoms. The van der Waals surface area contributed by atoms with Crippen LogP contribution >= 0.6 is 0 Å².